The van der Waals surface area contributed by atoms with Crippen molar-refractivity contribution in [2.24, 2.45) is 0 Å². The molecular weight excluding hydrogens is 314 g/mol. The summed E-state index contributed by atoms with van der Waals surface area (Å²) in [7, 11) is 0. The molecule has 1 N–H and O–H groups in total. The van der Waals surface area contributed by atoms with E-state index in [2.05, 4.69) is 34.2 Å². The lowest BCUT2D eigenvalue weighted by Gasteiger charge is -2.36. The minimum absolute atomic E-state index is 0.0721. The minimum Gasteiger partial charge on any atom is -0.497 e. The van der Waals surface area contributed by atoms with Crippen LogP contribution < -0.4 is 5.32 Å². The number of aryl methyl sites for hydroxylation is 1. The molecule has 1 saturated heterocycles. The van der Waals surface area contributed by atoms with Crippen LogP contribution in [0.2, 0.25) is 0 Å². The number of allylic oxidation sites excluding steroid dienone is 1. The molecule has 0 spiro atoms. The van der Waals surface area contributed by atoms with Crippen molar-refractivity contribution >= 4 is 11.6 Å². The van der Waals surface area contributed by atoms with Gasteiger partial charge in [-0.3, -0.25) is 14.6 Å². The van der Waals surface area contributed by atoms with Crippen molar-refractivity contribution in [3.05, 3.63) is 41.7 Å². The van der Waals surface area contributed by atoms with E-state index in [0.29, 0.717) is 12.6 Å². The molecular formula is C20H29N3O2. The second-order valence-corrected chi connectivity index (χ2v) is 7.08. The average Bonchev–Trinajstić information content (AvgIpc) is 2.62. The summed E-state index contributed by atoms with van der Waals surface area (Å²) in [5.41, 5.74) is 3.26. The first-order chi connectivity index (χ1) is 12.1. The van der Waals surface area contributed by atoms with Crippen molar-refractivity contribution < 1.29 is 9.53 Å². The maximum atomic E-state index is 12.3. The van der Waals surface area contributed by atoms with Crippen LogP contribution in [0.1, 0.15) is 24.0 Å². The van der Waals surface area contributed by atoms with Crippen molar-refractivity contribution in [2.75, 3.05) is 44.6 Å². The number of carbonyl (C=O) groups excluding carboxylic acids is 1. The first-order valence-electron chi connectivity index (χ1n) is 9.23. The number of piperazine rings is 1. The molecule has 0 aromatic heterocycles. The van der Waals surface area contributed by atoms with Gasteiger partial charge in [0.2, 0.25) is 5.91 Å². The van der Waals surface area contributed by atoms with Crippen molar-refractivity contribution in [3.8, 4) is 0 Å². The Morgan fingerprint density at radius 3 is 2.68 bits per heavy atom. The van der Waals surface area contributed by atoms with Crippen LogP contribution in [0.25, 0.3) is 0 Å². The second-order valence-electron chi connectivity index (χ2n) is 7.08. The number of nitrogens with zero attached hydrogens (tertiary/aromatic N) is 2. The molecule has 2 aliphatic heterocycles. The number of hydrogen-bond donors (Lipinski definition) is 1. The molecule has 0 radical (unpaired) electrons. The summed E-state index contributed by atoms with van der Waals surface area (Å²) in [6, 6.07) is 6.02. The van der Waals surface area contributed by atoms with Crippen molar-refractivity contribution in [1.29, 1.82) is 0 Å². The maximum absolute atomic E-state index is 12.3. The third-order valence-electron chi connectivity index (χ3n) is 5.20. The van der Waals surface area contributed by atoms with Crippen LogP contribution in [0.4, 0.5) is 5.69 Å². The standard InChI is InChI=1S/C20H29N3O2/c1-16-6-5-8-19(17(16)2)21-20(24)15-23-11-9-22(10-12-23)14-18-7-3-4-13-25-18/h4-6,8,13,18H,3,7,9-12,14-15H2,1-2H3,(H,21,24)/t18-/m0/s1. The van der Waals surface area contributed by atoms with Gasteiger partial charge >= 0.3 is 0 Å². The van der Waals surface area contributed by atoms with Gasteiger partial charge in [-0.25, -0.2) is 0 Å². The molecule has 0 unspecified atom stereocenters. The molecule has 25 heavy (non-hydrogen) atoms. The quantitative estimate of drug-likeness (QED) is 0.892. The van der Waals surface area contributed by atoms with Crippen LogP contribution in [-0.2, 0) is 9.53 Å². The number of amides is 1. The smallest absolute Gasteiger partial charge is 0.238 e. The van der Waals surface area contributed by atoms with E-state index in [4.69, 9.17) is 4.74 Å². The number of rotatable bonds is 5. The SMILES string of the molecule is Cc1cccc(NC(=O)CN2CCN(C[C@@H]3CCC=CO3)CC2)c1C. The van der Waals surface area contributed by atoms with Gasteiger partial charge in [0.05, 0.1) is 12.8 Å². The van der Waals surface area contributed by atoms with Gasteiger partial charge in [0.25, 0.3) is 0 Å². The number of ether oxygens (including phenoxy) is 1. The Balaban J connectivity index is 1.41. The first-order valence-corrected chi connectivity index (χ1v) is 9.23. The van der Waals surface area contributed by atoms with Crippen LogP contribution in [0.5, 0.6) is 0 Å². The summed E-state index contributed by atoms with van der Waals surface area (Å²) in [5, 5.41) is 3.05. The average molecular weight is 343 g/mol. The summed E-state index contributed by atoms with van der Waals surface area (Å²) in [5.74, 6) is 0.0721. The fraction of sp³-hybridized carbons (Fsp3) is 0.550. The van der Waals surface area contributed by atoms with Crippen LogP contribution in [0.15, 0.2) is 30.5 Å². The van der Waals surface area contributed by atoms with E-state index in [-0.39, 0.29) is 5.91 Å². The maximum Gasteiger partial charge on any atom is 0.238 e. The zero-order valence-corrected chi connectivity index (χ0v) is 15.3. The Morgan fingerprint density at radius 1 is 1.20 bits per heavy atom. The lowest BCUT2D eigenvalue weighted by atomic mass is 10.1. The highest BCUT2D eigenvalue weighted by Crippen LogP contribution is 2.18. The van der Waals surface area contributed by atoms with E-state index in [9.17, 15) is 4.79 Å². The fourth-order valence-electron chi connectivity index (χ4n) is 3.42. The highest BCUT2D eigenvalue weighted by atomic mass is 16.5. The van der Waals surface area contributed by atoms with Crippen molar-refractivity contribution in [1.82, 2.24) is 9.80 Å². The Labute approximate surface area is 150 Å². The predicted molar refractivity (Wildman–Crippen MR) is 101 cm³/mol. The summed E-state index contributed by atoms with van der Waals surface area (Å²) in [6.07, 6.45) is 6.47. The van der Waals surface area contributed by atoms with E-state index in [1.165, 1.54) is 5.56 Å². The lowest BCUT2D eigenvalue weighted by Crippen LogP contribution is -2.50. The molecule has 1 fully saturated rings. The molecule has 0 bridgehead atoms. The van der Waals surface area contributed by atoms with Crippen molar-refractivity contribution in [3.63, 3.8) is 0 Å². The number of nitrogens with one attached hydrogen (secondary N) is 1. The fourth-order valence-corrected chi connectivity index (χ4v) is 3.42. The third kappa shape index (κ3) is 5.06. The van der Waals surface area contributed by atoms with Gasteiger partial charge in [0, 0.05) is 38.4 Å². The third-order valence-corrected chi connectivity index (χ3v) is 5.20. The molecule has 3 rings (SSSR count). The van der Waals surface area contributed by atoms with Gasteiger partial charge in [-0.1, -0.05) is 12.1 Å². The first kappa shape index (κ1) is 18.0. The second kappa shape index (κ2) is 8.50. The minimum atomic E-state index is 0.0721. The largest absolute Gasteiger partial charge is 0.497 e. The van der Waals surface area contributed by atoms with Crippen LogP contribution >= 0.6 is 0 Å². The van der Waals surface area contributed by atoms with Gasteiger partial charge in [0.15, 0.2) is 0 Å². The van der Waals surface area contributed by atoms with Crippen molar-refractivity contribution in [2.45, 2.75) is 32.8 Å². The van der Waals surface area contributed by atoms with E-state index < -0.39 is 0 Å². The highest BCUT2D eigenvalue weighted by Gasteiger charge is 2.22. The topological polar surface area (TPSA) is 44.8 Å². The van der Waals surface area contributed by atoms with Crippen LogP contribution in [0, 0.1) is 13.8 Å². The number of carbonyl (C=O) groups is 1. The van der Waals surface area contributed by atoms with Crippen LogP contribution in [-0.4, -0.2) is 61.1 Å². The zero-order chi connectivity index (χ0) is 17.6. The van der Waals surface area contributed by atoms with Gasteiger partial charge < -0.3 is 10.1 Å². The van der Waals surface area contributed by atoms with E-state index in [1.807, 2.05) is 25.3 Å². The summed E-state index contributed by atoms with van der Waals surface area (Å²) < 4.78 is 5.66. The number of benzene rings is 1. The Bertz CT molecular complexity index is 621. The highest BCUT2D eigenvalue weighted by molar-refractivity contribution is 5.93. The zero-order valence-electron chi connectivity index (χ0n) is 15.3. The summed E-state index contributed by atoms with van der Waals surface area (Å²) in [4.78, 5) is 17.0. The van der Waals surface area contributed by atoms with E-state index >= 15 is 0 Å². The molecule has 1 amide bonds. The van der Waals surface area contributed by atoms with Crippen LogP contribution in [0.3, 0.4) is 0 Å². The number of anilines is 1. The molecule has 0 saturated carbocycles. The normalized spacial score (nSPS) is 21.8. The van der Waals surface area contributed by atoms with Gasteiger partial charge in [0.1, 0.15) is 6.10 Å². The predicted octanol–water partition coefficient (Wildman–Crippen LogP) is 2.55. The molecule has 1 aromatic carbocycles. The molecule has 1 atom stereocenters. The molecule has 2 aliphatic rings. The monoisotopic (exact) mass is 343 g/mol. The Hall–Kier alpha value is -1.85. The van der Waals surface area contributed by atoms with E-state index in [1.54, 1.807) is 0 Å². The molecule has 2 heterocycles. The number of hydrogen-bond acceptors (Lipinski definition) is 4. The van der Waals surface area contributed by atoms with Gasteiger partial charge in [-0.05, 0) is 50.0 Å². The Kier molecular flexibility index (Phi) is 6.10. The molecule has 5 heteroatoms. The molecule has 0 aliphatic carbocycles. The van der Waals surface area contributed by atoms with Gasteiger partial charge in [-0.15, -0.1) is 0 Å². The van der Waals surface area contributed by atoms with E-state index in [0.717, 1.165) is 56.8 Å². The lowest BCUT2D eigenvalue weighted by molar-refractivity contribution is -0.117. The molecule has 1 aromatic rings. The van der Waals surface area contributed by atoms with Gasteiger partial charge in [-0.2, -0.15) is 0 Å². The Morgan fingerprint density at radius 2 is 1.96 bits per heavy atom. The molecule has 5 nitrogen and oxygen atoms in total. The summed E-state index contributed by atoms with van der Waals surface area (Å²) >= 11 is 0. The molecule has 136 valence electrons. The summed E-state index contributed by atoms with van der Waals surface area (Å²) in [6.45, 7) is 9.44.